The van der Waals surface area contributed by atoms with Gasteiger partial charge in [0.05, 0.1) is 5.92 Å². The van der Waals surface area contributed by atoms with Gasteiger partial charge in [-0.05, 0) is 73.2 Å². The van der Waals surface area contributed by atoms with Gasteiger partial charge in [-0.25, -0.2) is 0 Å². The Hall–Kier alpha value is -1.78. The number of hydrogen-bond donors (Lipinski definition) is 0. The molecule has 30 heavy (non-hydrogen) atoms. The summed E-state index contributed by atoms with van der Waals surface area (Å²) < 4.78 is 5.25. The van der Waals surface area contributed by atoms with E-state index in [1.807, 2.05) is 0 Å². The van der Waals surface area contributed by atoms with Crippen LogP contribution in [0.15, 0.2) is 11.6 Å². The molecule has 0 N–H and O–H groups in total. The number of ketones is 3. The average Bonchev–Trinajstić information content (AvgIpc) is 3.04. The van der Waals surface area contributed by atoms with Crippen molar-refractivity contribution in [2.45, 2.75) is 72.6 Å². The van der Waals surface area contributed by atoms with Crippen LogP contribution >= 0.6 is 0 Å². The molecule has 0 saturated heterocycles. The molecule has 4 rings (SSSR count). The molecule has 4 aliphatic rings. The van der Waals surface area contributed by atoms with Crippen LogP contribution in [0, 0.1) is 40.4 Å². The fraction of sp³-hybridized carbons (Fsp3) is 0.760. The lowest BCUT2D eigenvalue weighted by atomic mass is 9.46. The third kappa shape index (κ3) is 3.20. The van der Waals surface area contributed by atoms with Crippen LogP contribution in [0.1, 0.15) is 72.6 Å². The highest BCUT2D eigenvalue weighted by Crippen LogP contribution is 2.66. The normalized spacial score (nSPS) is 40.4. The van der Waals surface area contributed by atoms with Crippen molar-refractivity contribution in [1.29, 1.82) is 0 Å². The second-order valence-electron chi connectivity index (χ2n) is 10.9. The molecule has 3 unspecified atom stereocenters. The number of fused-ring (bicyclic) bond motifs is 5. The van der Waals surface area contributed by atoms with Gasteiger partial charge in [-0.2, -0.15) is 0 Å². The number of rotatable bonds is 4. The number of allylic oxidation sites excluding steroid dienone is 1. The Labute approximate surface area is 179 Å². The van der Waals surface area contributed by atoms with Crippen molar-refractivity contribution in [3.05, 3.63) is 11.6 Å². The highest BCUT2D eigenvalue weighted by Gasteiger charge is 2.60. The van der Waals surface area contributed by atoms with Crippen molar-refractivity contribution in [2.24, 2.45) is 40.4 Å². The van der Waals surface area contributed by atoms with Crippen LogP contribution in [0.5, 0.6) is 0 Å². The zero-order valence-corrected chi connectivity index (χ0v) is 18.7. The topological polar surface area (TPSA) is 77.5 Å². The van der Waals surface area contributed by atoms with Crippen molar-refractivity contribution in [3.63, 3.8) is 0 Å². The zero-order chi connectivity index (χ0) is 21.8. The van der Waals surface area contributed by atoms with Crippen molar-refractivity contribution < 1.29 is 23.9 Å². The first kappa shape index (κ1) is 21.5. The summed E-state index contributed by atoms with van der Waals surface area (Å²) in [5.74, 6) is 0.237. The van der Waals surface area contributed by atoms with Crippen molar-refractivity contribution in [1.82, 2.24) is 0 Å². The molecule has 0 amide bonds. The fourth-order valence-corrected chi connectivity index (χ4v) is 7.41. The van der Waals surface area contributed by atoms with Gasteiger partial charge in [0.1, 0.15) is 6.61 Å². The van der Waals surface area contributed by atoms with Crippen LogP contribution in [0.3, 0.4) is 0 Å². The lowest BCUT2D eigenvalue weighted by Crippen LogP contribution is -2.52. The van der Waals surface area contributed by atoms with Gasteiger partial charge in [0.25, 0.3) is 0 Å². The van der Waals surface area contributed by atoms with E-state index < -0.39 is 0 Å². The lowest BCUT2D eigenvalue weighted by Gasteiger charge is -2.57. The Kier molecular flexibility index (Phi) is 5.31. The Morgan fingerprint density at radius 1 is 1.10 bits per heavy atom. The van der Waals surface area contributed by atoms with E-state index >= 15 is 0 Å². The summed E-state index contributed by atoms with van der Waals surface area (Å²) in [5.41, 5.74) is 0.904. The minimum Gasteiger partial charge on any atom is -0.457 e. The molecule has 0 aromatic carbocycles. The number of esters is 1. The van der Waals surface area contributed by atoms with Gasteiger partial charge in [0, 0.05) is 12.3 Å². The number of hydrogen-bond acceptors (Lipinski definition) is 5. The van der Waals surface area contributed by atoms with Gasteiger partial charge in [0.2, 0.25) is 11.6 Å². The molecule has 0 radical (unpaired) electrons. The maximum Gasteiger partial charge on any atom is 0.308 e. The molecular formula is C25H34O5. The Morgan fingerprint density at radius 2 is 1.83 bits per heavy atom. The van der Waals surface area contributed by atoms with Gasteiger partial charge >= 0.3 is 5.97 Å². The van der Waals surface area contributed by atoms with Crippen molar-refractivity contribution in [3.8, 4) is 0 Å². The predicted octanol–water partition coefficient (Wildman–Crippen LogP) is 4.08. The summed E-state index contributed by atoms with van der Waals surface area (Å²) in [4.78, 5) is 49.0. The molecule has 164 valence electrons. The monoisotopic (exact) mass is 414 g/mol. The van der Waals surface area contributed by atoms with E-state index in [2.05, 4.69) is 13.8 Å². The summed E-state index contributed by atoms with van der Waals surface area (Å²) >= 11 is 0. The van der Waals surface area contributed by atoms with Crippen LogP contribution in [-0.4, -0.2) is 29.9 Å². The summed E-state index contributed by atoms with van der Waals surface area (Å²) in [6, 6.07) is 0. The fourth-order valence-electron chi connectivity index (χ4n) is 7.41. The number of carbonyl (C=O) groups excluding carboxylic acids is 4. The van der Waals surface area contributed by atoms with Gasteiger partial charge in [-0.15, -0.1) is 0 Å². The summed E-state index contributed by atoms with van der Waals surface area (Å²) in [7, 11) is 0. The van der Waals surface area contributed by atoms with E-state index in [4.69, 9.17) is 4.74 Å². The molecule has 6 atom stereocenters. The van der Waals surface area contributed by atoms with Crippen LogP contribution < -0.4 is 0 Å². The molecule has 0 heterocycles. The van der Waals surface area contributed by atoms with Crippen LogP contribution in [0.25, 0.3) is 0 Å². The zero-order valence-electron chi connectivity index (χ0n) is 18.7. The maximum absolute atomic E-state index is 13.0. The highest BCUT2D eigenvalue weighted by molar-refractivity contribution is 6.42. The molecule has 4 aliphatic carbocycles. The predicted molar refractivity (Wildman–Crippen MR) is 111 cm³/mol. The van der Waals surface area contributed by atoms with Crippen LogP contribution in [0.2, 0.25) is 0 Å². The molecule has 3 saturated carbocycles. The Balaban J connectivity index is 1.52. The molecule has 0 aromatic heterocycles. The Morgan fingerprint density at radius 3 is 2.53 bits per heavy atom. The third-order valence-corrected chi connectivity index (χ3v) is 9.06. The van der Waals surface area contributed by atoms with Crippen molar-refractivity contribution in [2.75, 3.05) is 6.61 Å². The summed E-state index contributed by atoms with van der Waals surface area (Å²) in [5, 5.41) is 0. The molecular weight excluding hydrogens is 380 g/mol. The molecule has 0 aromatic rings. The van der Waals surface area contributed by atoms with E-state index in [9.17, 15) is 19.2 Å². The number of carbonyl (C=O) groups is 4. The lowest BCUT2D eigenvalue weighted by molar-refractivity contribution is -0.153. The standard InChI is InChI=1S/C25H34O5/c1-14(2)23(29)30-13-22(28)19-8-7-17-16-6-5-15-11-20(26)21(27)12-25(15,4)18(16)9-10-24(17,19)3/h11,14,16-19H,5-10,12-13H2,1-4H3/t16?,17?,18?,19-,24+,25+/m1/s1. The summed E-state index contributed by atoms with van der Waals surface area (Å²) in [6.45, 7) is 7.88. The minimum absolute atomic E-state index is 0.0530. The summed E-state index contributed by atoms with van der Waals surface area (Å²) in [6.07, 6.45) is 7.72. The highest BCUT2D eigenvalue weighted by atomic mass is 16.5. The second kappa shape index (κ2) is 7.42. The van der Waals surface area contributed by atoms with E-state index in [-0.39, 0.29) is 52.6 Å². The molecule has 5 heteroatoms. The van der Waals surface area contributed by atoms with E-state index in [1.54, 1.807) is 19.9 Å². The average molecular weight is 415 g/mol. The second-order valence-corrected chi connectivity index (χ2v) is 10.9. The van der Waals surface area contributed by atoms with Crippen LogP contribution in [-0.2, 0) is 23.9 Å². The van der Waals surface area contributed by atoms with Gasteiger partial charge in [0.15, 0.2) is 5.78 Å². The van der Waals surface area contributed by atoms with E-state index in [0.717, 1.165) is 38.5 Å². The first-order valence-corrected chi connectivity index (χ1v) is 11.6. The van der Waals surface area contributed by atoms with Crippen molar-refractivity contribution >= 4 is 23.3 Å². The Bertz CT molecular complexity index is 823. The minimum atomic E-state index is -0.330. The largest absolute Gasteiger partial charge is 0.457 e. The first-order chi connectivity index (χ1) is 14.1. The maximum atomic E-state index is 13.0. The number of Topliss-reactive ketones (excluding diaryl/α,β-unsaturated/α-hetero) is 2. The molecule has 0 spiro atoms. The van der Waals surface area contributed by atoms with Gasteiger partial charge in [-0.3, -0.25) is 19.2 Å². The molecule has 0 aliphatic heterocycles. The molecule has 0 bridgehead atoms. The quantitative estimate of drug-likeness (QED) is 0.512. The third-order valence-electron chi connectivity index (χ3n) is 9.06. The first-order valence-electron chi connectivity index (χ1n) is 11.6. The molecule has 5 nitrogen and oxygen atoms in total. The van der Waals surface area contributed by atoms with Crippen LogP contribution in [0.4, 0.5) is 0 Å². The molecule has 3 fully saturated rings. The van der Waals surface area contributed by atoms with E-state index in [0.29, 0.717) is 24.2 Å². The van der Waals surface area contributed by atoms with E-state index in [1.165, 1.54) is 5.57 Å². The SMILES string of the molecule is CC(C)C(=O)OCC(=O)[C@H]1CCC2C3CCC4=CC(=O)C(=O)C[C@]4(C)C3CC[C@@]21C. The van der Waals surface area contributed by atoms with Gasteiger partial charge in [-0.1, -0.05) is 33.3 Å². The number of ether oxygens (including phenoxy) is 1. The van der Waals surface area contributed by atoms with Gasteiger partial charge < -0.3 is 4.74 Å². The smallest absolute Gasteiger partial charge is 0.308 e.